The molecule has 0 unspecified atom stereocenters. The first-order chi connectivity index (χ1) is 10.0. The van der Waals surface area contributed by atoms with E-state index in [1.54, 1.807) is 0 Å². The highest BCUT2D eigenvalue weighted by Gasteiger charge is 2.51. The molecule has 1 aliphatic heterocycles. The topological polar surface area (TPSA) is 99.8 Å². The number of nitrogens with one attached hydrogen (secondary N) is 1. The van der Waals surface area contributed by atoms with Gasteiger partial charge in [0.15, 0.2) is 0 Å². The SMILES string of the molecule is O=C(O)c1occc1CN1C(=O)NC2(CCCCC2)C1=O. The standard InChI is InChI=1S/C14H16N2O5/c17-11(18)10-9(4-7-21-10)8-16-12(19)14(15-13(16)20)5-2-1-3-6-14/h4,7H,1-3,5-6,8H2,(H,15,20)(H,17,18). The lowest BCUT2D eigenvalue weighted by molar-refractivity contribution is -0.132. The summed E-state index contributed by atoms with van der Waals surface area (Å²) in [4.78, 5) is 36.7. The summed E-state index contributed by atoms with van der Waals surface area (Å²) in [5, 5.41) is 11.8. The number of rotatable bonds is 3. The van der Waals surface area contributed by atoms with Gasteiger partial charge in [-0.05, 0) is 18.9 Å². The van der Waals surface area contributed by atoms with E-state index in [1.165, 1.54) is 12.3 Å². The van der Waals surface area contributed by atoms with Gasteiger partial charge in [0.2, 0.25) is 5.76 Å². The monoisotopic (exact) mass is 292 g/mol. The van der Waals surface area contributed by atoms with Crippen molar-refractivity contribution in [1.29, 1.82) is 0 Å². The third-order valence-corrected chi connectivity index (χ3v) is 4.22. The van der Waals surface area contributed by atoms with Crippen molar-refractivity contribution in [3.05, 3.63) is 23.7 Å². The number of imide groups is 1. The molecular weight excluding hydrogens is 276 g/mol. The quantitative estimate of drug-likeness (QED) is 0.826. The van der Waals surface area contributed by atoms with Gasteiger partial charge in [0.25, 0.3) is 5.91 Å². The van der Waals surface area contributed by atoms with E-state index in [1.807, 2.05) is 0 Å². The van der Waals surface area contributed by atoms with Crippen LogP contribution in [0.4, 0.5) is 4.79 Å². The highest BCUT2D eigenvalue weighted by atomic mass is 16.4. The van der Waals surface area contributed by atoms with E-state index in [4.69, 9.17) is 9.52 Å². The number of hydrogen-bond donors (Lipinski definition) is 2. The number of carboxylic acids is 1. The molecular formula is C14H16N2O5. The van der Waals surface area contributed by atoms with Crippen LogP contribution in [0.15, 0.2) is 16.7 Å². The largest absolute Gasteiger partial charge is 0.475 e. The van der Waals surface area contributed by atoms with Crippen LogP contribution in [-0.2, 0) is 11.3 Å². The van der Waals surface area contributed by atoms with Gasteiger partial charge in [-0.25, -0.2) is 9.59 Å². The van der Waals surface area contributed by atoms with Crippen molar-refractivity contribution in [2.24, 2.45) is 0 Å². The Morgan fingerprint density at radius 2 is 2.05 bits per heavy atom. The molecule has 7 nitrogen and oxygen atoms in total. The maximum atomic E-state index is 12.6. The zero-order chi connectivity index (χ0) is 15.0. The number of urea groups is 1. The average molecular weight is 292 g/mol. The normalized spacial score (nSPS) is 20.9. The van der Waals surface area contributed by atoms with Gasteiger partial charge in [-0.15, -0.1) is 0 Å². The van der Waals surface area contributed by atoms with Crippen molar-refractivity contribution < 1.29 is 23.9 Å². The molecule has 1 aromatic heterocycles. The van der Waals surface area contributed by atoms with Gasteiger partial charge < -0.3 is 14.8 Å². The van der Waals surface area contributed by atoms with Crippen molar-refractivity contribution in [1.82, 2.24) is 10.2 Å². The summed E-state index contributed by atoms with van der Waals surface area (Å²) in [6.07, 6.45) is 5.41. The lowest BCUT2D eigenvalue weighted by Crippen LogP contribution is -2.48. The van der Waals surface area contributed by atoms with Crippen LogP contribution in [-0.4, -0.2) is 33.5 Å². The fourth-order valence-corrected chi connectivity index (χ4v) is 3.13. The highest BCUT2D eigenvalue weighted by molar-refractivity contribution is 6.07. The van der Waals surface area contributed by atoms with Crippen molar-refractivity contribution in [3.63, 3.8) is 0 Å². The molecule has 0 radical (unpaired) electrons. The van der Waals surface area contributed by atoms with Gasteiger partial charge in [-0.3, -0.25) is 9.69 Å². The van der Waals surface area contributed by atoms with Crippen LogP contribution >= 0.6 is 0 Å². The Balaban J connectivity index is 1.82. The summed E-state index contributed by atoms with van der Waals surface area (Å²) < 4.78 is 4.87. The van der Waals surface area contributed by atoms with Gasteiger partial charge in [-0.1, -0.05) is 19.3 Å². The number of aromatic carboxylic acids is 1. The summed E-state index contributed by atoms with van der Waals surface area (Å²) in [7, 11) is 0. The second-order valence-corrected chi connectivity index (χ2v) is 5.54. The molecule has 0 aromatic carbocycles. The maximum Gasteiger partial charge on any atom is 0.372 e. The minimum Gasteiger partial charge on any atom is -0.475 e. The van der Waals surface area contributed by atoms with Crippen molar-refractivity contribution in [2.45, 2.75) is 44.2 Å². The third kappa shape index (κ3) is 2.18. The third-order valence-electron chi connectivity index (χ3n) is 4.22. The number of carbonyl (C=O) groups is 3. The van der Waals surface area contributed by atoms with E-state index in [0.717, 1.165) is 24.2 Å². The summed E-state index contributed by atoms with van der Waals surface area (Å²) >= 11 is 0. The molecule has 3 rings (SSSR count). The van der Waals surface area contributed by atoms with Crippen LogP contribution in [0.3, 0.4) is 0 Å². The number of carboxylic acid groups (broad SMARTS) is 1. The van der Waals surface area contributed by atoms with E-state index in [0.29, 0.717) is 18.4 Å². The van der Waals surface area contributed by atoms with Crippen molar-refractivity contribution >= 4 is 17.9 Å². The first-order valence-corrected chi connectivity index (χ1v) is 6.97. The first-order valence-electron chi connectivity index (χ1n) is 6.97. The van der Waals surface area contributed by atoms with E-state index in [2.05, 4.69) is 5.32 Å². The highest BCUT2D eigenvalue weighted by Crippen LogP contribution is 2.34. The predicted octanol–water partition coefficient (Wildman–Crippen LogP) is 1.73. The van der Waals surface area contributed by atoms with Crippen LogP contribution in [0.2, 0.25) is 0 Å². The number of nitrogens with zero attached hydrogens (tertiary/aromatic N) is 1. The summed E-state index contributed by atoms with van der Waals surface area (Å²) in [5.41, 5.74) is -0.471. The summed E-state index contributed by atoms with van der Waals surface area (Å²) in [6.45, 7) is -0.0788. The Labute approximate surface area is 120 Å². The van der Waals surface area contributed by atoms with Gasteiger partial charge >= 0.3 is 12.0 Å². The van der Waals surface area contributed by atoms with Gasteiger partial charge in [0, 0.05) is 5.56 Å². The van der Waals surface area contributed by atoms with Crippen LogP contribution in [0.1, 0.15) is 48.2 Å². The van der Waals surface area contributed by atoms with Gasteiger partial charge in [0.05, 0.1) is 12.8 Å². The second-order valence-electron chi connectivity index (χ2n) is 5.54. The Morgan fingerprint density at radius 3 is 2.71 bits per heavy atom. The first kappa shape index (κ1) is 13.7. The summed E-state index contributed by atoms with van der Waals surface area (Å²) in [6, 6.07) is 1.01. The zero-order valence-electron chi connectivity index (χ0n) is 11.4. The molecule has 1 saturated heterocycles. The fourth-order valence-electron chi connectivity index (χ4n) is 3.13. The van der Waals surface area contributed by atoms with Gasteiger partial charge in [-0.2, -0.15) is 0 Å². The van der Waals surface area contributed by atoms with Crippen LogP contribution in [0.25, 0.3) is 0 Å². The minimum atomic E-state index is -1.21. The molecule has 1 saturated carbocycles. The average Bonchev–Trinajstić information content (AvgIpc) is 3.00. The number of amides is 3. The molecule has 0 bridgehead atoms. The molecule has 1 aliphatic carbocycles. The molecule has 2 N–H and O–H groups in total. The Kier molecular flexibility index (Phi) is 3.19. The molecule has 1 spiro atoms. The molecule has 3 amide bonds. The van der Waals surface area contributed by atoms with Crippen LogP contribution in [0.5, 0.6) is 0 Å². The molecule has 21 heavy (non-hydrogen) atoms. The number of carbonyl (C=O) groups excluding carboxylic acids is 2. The number of hydrogen-bond acceptors (Lipinski definition) is 4. The van der Waals surface area contributed by atoms with Crippen LogP contribution in [0, 0.1) is 0 Å². The minimum absolute atomic E-state index is 0.0788. The zero-order valence-corrected chi connectivity index (χ0v) is 11.4. The molecule has 2 aliphatic rings. The van der Waals surface area contributed by atoms with Gasteiger partial charge in [0.1, 0.15) is 5.54 Å². The molecule has 2 fully saturated rings. The van der Waals surface area contributed by atoms with Crippen molar-refractivity contribution in [3.8, 4) is 0 Å². The van der Waals surface area contributed by atoms with E-state index >= 15 is 0 Å². The Morgan fingerprint density at radius 1 is 1.33 bits per heavy atom. The molecule has 7 heteroatoms. The molecule has 1 aromatic rings. The number of furan rings is 1. The summed E-state index contributed by atoms with van der Waals surface area (Å²) in [5.74, 6) is -1.71. The molecule has 112 valence electrons. The smallest absolute Gasteiger partial charge is 0.372 e. The second kappa shape index (κ2) is 4.91. The lowest BCUT2D eigenvalue weighted by Gasteiger charge is -2.30. The Bertz CT molecular complexity index is 600. The Hall–Kier alpha value is -2.31. The fraction of sp³-hybridized carbons (Fsp3) is 0.500. The van der Waals surface area contributed by atoms with E-state index in [9.17, 15) is 14.4 Å². The van der Waals surface area contributed by atoms with Crippen LogP contribution < -0.4 is 5.32 Å². The van der Waals surface area contributed by atoms with Crippen molar-refractivity contribution in [2.75, 3.05) is 0 Å². The molecule has 0 atom stereocenters. The lowest BCUT2D eigenvalue weighted by atomic mass is 9.82. The van der Waals surface area contributed by atoms with E-state index in [-0.39, 0.29) is 18.2 Å². The maximum absolute atomic E-state index is 12.6. The predicted molar refractivity (Wildman–Crippen MR) is 70.6 cm³/mol. The van der Waals surface area contributed by atoms with E-state index < -0.39 is 17.5 Å². The molecule has 2 heterocycles.